The summed E-state index contributed by atoms with van der Waals surface area (Å²) in [7, 11) is 2.16. The van der Waals surface area contributed by atoms with Gasteiger partial charge in [0.05, 0.1) is 24.0 Å². The molecule has 0 radical (unpaired) electrons. The Kier molecular flexibility index (Phi) is 4.21. The monoisotopic (exact) mass is 341 g/mol. The molecule has 1 spiro atoms. The number of rotatable bonds is 4. The van der Waals surface area contributed by atoms with Crippen LogP contribution in [0.3, 0.4) is 0 Å². The molecule has 25 heavy (non-hydrogen) atoms. The van der Waals surface area contributed by atoms with E-state index in [9.17, 15) is 4.79 Å². The highest BCUT2D eigenvalue weighted by Gasteiger charge is 2.51. The molecule has 0 N–H and O–H groups in total. The van der Waals surface area contributed by atoms with Gasteiger partial charge in [0.25, 0.3) is 5.91 Å². The summed E-state index contributed by atoms with van der Waals surface area (Å²) < 4.78 is 10.9. The van der Waals surface area contributed by atoms with Crippen LogP contribution in [0.15, 0.2) is 47.4 Å². The van der Waals surface area contributed by atoms with Crippen molar-refractivity contribution in [2.75, 3.05) is 33.3 Å². The second-order valence-electron chi connectivity index (χ2n) is 7.16. The van der Waals surface area contributed by atoms with Crippen LogP contribution in [0.2, 0.25) is 0 Å². The Morgan fingerprint density at radius 2 is 2.28 bits per heavy atom. The Balaban J connectivity index is 1.35. The topological polar surface area (TPSA) is 58.8 Å². The normalized spacial score (nSPS) is 22.6. The minimum absolute atomic E-state index is 0.0552. The van der Waals surface area contributed by atoms with E-state index in [1.165, 1.54) is 6.26 Å². The van der Waals surface area contributed by atoms with Crippen molar-refractivity contribution in [3.05, 3.63) is 48.6 Å². The lowest BCUT2D eigenvalue weighted by Crippen LogP contribution is -2.72. The van der Waals surface area contributed by atoms with E-state index < -0.39 is 0 Å². The number of pyridine rings is 1. The summed E-state index contributed by atoms with van der Waals surface area (Å²) in [4.78, 5) is 21.0. The van der Waals surface area contributed by atoms with E-state index in [0.29, 0.717) is 24.0 Å². The van der Waals surface area contributed by atoms with Crippen LogP contribution in [-0.4, -0.2) is 59.5 Å². The van der Waals surface area contributed by atoms with Gasteiger partial charge in [-0.1, -0.05) is 6.07 Å². The third-order valence-corrected chi connectivity index (χ3v) is 5.48. The average molecular weight is 341 g/mol. The Morgan fingerprint density at radius 1 is 1.40 bits per heavy atom. The Morgan fingerprint density at radius 3 is 3.00 bits per heavy atom. The standard InChI is InChI=1S/C19H23N3O3/c1-21-8-5-15(11-25-17-4-2-3-7-20-17)10-19(21)13-22(14-19)18(23)16-6-9-24-12-16/h2-4,6-7,9,12,15H,5,8,10-11,13-14H2,1H3/t15-/m1/s1. The number of amides is 1. The largest absolute Gasteiger partial charge is 0.477 e. The SMILES string of the molecule is CN1CC[C@@H](COc2ccccn2)CC12CN(C(=O)c1ccoc1)C2. The lowest BCUT2D eigenvalue weighted by Gasteiger charge is -2.58. The molecule has 6 nitrogen and oxygen atoms in total. The maximum Gasteiger partial charge on any atom is 0.257 e. The summed E-state index contributed by atoms with van der Waals surface area (Å²) in [5, 5.41) is 0. The van der Waals surface area contributed by atoms with Gasteiger partial charge in [0.1, 0.15) is 6.26 Å². The predicted octanol–water partition coefficient (Wildman–Crippen LogP) is 2.29. The molecule has 2 saturated heterocycles. The van der Waals surface area contributed by atoms with Gasteiger partial charge in [-0.05, 0) is 44.5 Å². The minimum atomic E-state index is 0.0552. The molecule has 2 aromatic rings. The second kappa shape index (κ2) is 6.52. The van der Waals surface area contributed by atoms with Gasteiger partial charge in [-0.25, -0.2) is 4.98 Å². The van der Waals surface area contributed by atoms with Crippen LogP contribution in [-0.2, 0) is 0 Å². The third-order valence-electron chi connectivity index (χ3n) is 5.48. The van der Waals surface area contributed by atoms with Gasteiger partial charge in [0, 0.05) is 25.4 Å². The van der Waals surface area contributed by atoms with E-state index in [-0.39, 0.29) is 11.4 Å². The van der Waals surface area contributed by atoms with Crippen LogP contribution in [0.5, 0.6) is 5.88 Å². The molecule has 132 valence electrons. The predicted molar refractivity (Wildman–Crippen MR) is 92.4 cm³/mol. The summed E-state index contributed by atoms with van der Waals surface area (Å²) in [6.07, 6.45) is 6.96. The van der Waals surface area contributed by atoms with E-state index in [4.69, 9.17) is 9.15 Å². The maximum absolute atomic E-state index is 12.4. The fourth-order valence-electron chi connectivity index (χ4n) is 3.93. The smallest absolute Gasteiger partial charge is 0.257 e. The Hall–Kier alpha value is -2.34. The first-order valence-corrected chi connectivity index (χ1v) is 8.73. The summed E-state index contributed by atoms with van der Waals surface area (Å²) in [5.74, 6) is 1.23. The molecular formula is C19H23N3O3. The van der Waals surface area contributed by atoms with Crippen LogP contribution in [0.25, 0.3) is 0 Å². The number of likely N-dealkylation sites (N-methyl/N-ethyl adjacent to an activating group) is 1. The molecule has 4 rings (SSSR count). The van der Waals surface area contributed by atoms with Crippen molar-refractivity contribution in [1.29, 1.82) is 0 Å². The molecule has 1 atom stereocenters. The number of likely N-dealkylation sites (tertiary alicyclic amines) is 2. The highest BCUT2D eigenvalue weighted by atomic mass is 16.5. The Labute approximate surface area is 147 Å². The minimum Gasteiger partial charge on any atom is -0.477 e. The first-order chi connectivity index (χ1) is 12.2. The highest BCUT2D eigenvalue weighted by molar-refractivity contribution is 5.94. The molecule has 4 heterocycles. The van der Waals surface area contributed by atoms with Gasteiger partial charge in [-0.2, -0.15) is 0 Å². The van der Waals surface area contributed by atoms with Gasteiger partial charge in [0.2, 0.25) is 5.88 Å². The van der Waals surface area contributed by atoms with Crippen LogP contribution < -0.4 is 4.74 Å². The summed E-state index contributed by atoms with van der Waals surface area (Å²) in [6, 6.07) is 7.43. The summed E-state index contributed by atoms with van der Waals surface area (Å²) >= 11 is 0. The molecule has 0 aliphatic carbocycles. The van der Waals surface area contributed by atoms with E-state index in [1.54, 1.807) is 18.5 Å². The fourth-order valence-corrected chi connectivity index (χ4v) is 3.93. The molecule has 1 amide bonds. The zero-order valence-corrected chi connectivity index (χ0v) is 14.4. The first kappa shape index (κ1) is 16.1. The molecule has 2 aliphatic rings. The van der Waals surface area contributed by atoms with Gasteiger partial charge < -0.3 is 14.1 Å². The molecule has 0 aromatic carbocycles. The van der Waals surface area contributed by atoms with Crippen molar-refractivity contribution in [3.63, 3.8) is 0 Å². The van der Waals surface area contributed by atoms with Crippen molar-refractivity contribution in [2.45, 2.75) is 18.4 Å². The molecule has 2 aromatic heterocycles. The number of carbonyl (C=O) groups excluding carboxylic acids is 1. The number of carbonyl (C=O) groups is 1. The van der Waals surface area contributed by atoms with Crippen molar-refractivity contribution in [3.8, 4) is 5.88 Å². The van der Waals surface area contributed by atoms with Crippen molar-refractivity contribution >= 4 is 5.91 Å². The van der Waals surface area contributed by atoms with E-state index in [1.807, 2.05) is 23.1 Å². The van der Waals surface area contributed by atoms with Gasteiger partial charge >= 0.3 is 0 Å². The molecule has 6 heteroatoms. The molecule has 2 fully saturated rings. The van der Waals surface area contributed by atoms with Gasteiger partial charge in [-0.15, -0.1) is 0 Å². The fraction of sp³-hybridized carbons (Fsp3) is 0.474. The lowest BCUT2D eigenvalue weighted by atomic mass is 9.75. The summed E-state index contributed by atoms with van der Waals surface area (Å²) in [6.45, 7) is 3.26. The Bertz CT molecular complexity index is 711. The number of hydrogen-bond donors (Lipinski definition) is 0. The molecule has 0 unspecified atom stereocenters. The number of ether oxygens (including phenoxy) is 1. The van der Waals surface area contributed by atoms with Crippen LogP contribution in [0.4, 0.5) is 0 Å². The number of aromatic nitrogens is 1. The second-order valence-corrected chi connectivity index (χ2v) is 7.16. The molecule has 0 saturated carbocycles. The third kappa shape index (κ3) is 3.14. The zero-order valence-electron chi connectivity index (χ0n) is 14.4. The van der Waals surface area contributed by atoms with Crippen LogP contribution >= 0.6 is 0 Å². The van der Waals surface area contributed by atoms with Gasteiger partial charge in [0.15, 0.2) is 0 Å². The van der Waals surface area contributed by atoms with Crippen LogP contribution in [0.1, 0.15) is 23.2 Å². The van der Waals surface area contributed by atoms with Crippen molar-refractivity contribution < 1.29 is 13.9 Å². The van der Waals surface area contributed by atoms with Gasteiger partial charge in [-0.3, -0.25) is 9.69 Å². The van der Waals surface area contributed by atoms with Crippen molar-refractivity contribution in [1.82, 2.24) is 14.8 Å². The van der Waals surface area contributed by atoms with E-state index in [0.717, 1.165) is 32.5 Å². The lowest BCUT2D eigenvalue weighted by molar-refractivity contribution is -0.0695. The number of piperidine rings is 1. The van der Waals surface area contributed by atoms with E-state index in [2.05, 4.69) is 16.9 Å². The molecule has 2 aliphatic heterocycles. The number of hydrogen-bond acceptors (Lipinski definition) is 5. The zero-order chi connectivity index (χ0) is 17.3. The molecular weight excluding hydrogens is 318 g/mol. The number of furan rings is 1. The summed E-state index contributed by atoms with van der Waals surface area (Å²) in [5.41, 5.74) is 0.707. The van der Waals surface area contributed by atoms with E-state index >= 15 is 0 Å². The quantitative estimate of drug-likeness (QED) is 0.854. The molecule has 0 bridgehead atoms. The highest BCUT2D eigenvalue weighted by Crippen LogP contribution is 2.39. The number of nitrogens with zero attached hydrogens (tertiary/aromatic N) is 3. The average Bonchev–Trinajstić information content (AvgIpc) is 3.14. The van der Waals surface area contributed by atoms with Crippen LogP contribution in [0, 0.1) is 5.92 Å². The maximum atomic E-state index is 12.4. The van der Waals surface area contributed by atoms with Crippen molar-refractivity contribution in [2.24, 2.45) is 5.92 Å². The first-order valence-electron chi connectivity index (χ1n) is 8.73.